The van der Waals surface area contributed by atoms with Crippen molar-refractivity contribution in [1.29, 1.82) is 0 Å². The third-order valence-corrected chi connectivity index (χ3v) is 8.62. The number of aryl methyl sites for hydroxylation is 1. The van der Waals surface area contributed by atoms with Crippen molar-refractivity contribution in [2.24, 2.45) is 5.92 Å². The first-order valence-corrected chi connectivity index (χ1v) is 14.7. The Morgan fingerprint density at radius 3 is 2.67 bits per heavy atom. The number of nitrogens with zero attached hydrogens (tertiary/aromatic N) is 2. The number of fused-ring (bicyclic) bond motifs is 1. The smallest absolute Gasteiger partial charge is 0.287 e. The molecule has 3 aromatic rings. The largest absolute Gasteiger partial charge is 0.493 e. The van der Waals surface area contributed by atoms with Crippen LogP contribution in [0, 0.1) is 12.8 Å². The lowest BCUT2D eigenvalue weighted by Crippen LogP contribution is -2.54. The highest BCUT2D eigenvalue weighted by Crippen LogP contribution is 2.28. The van der Waals surface area contributed by atoms with Gasteiger partial charge in [0, 0.05) is 24.2 Å². The predicted octanol–water partition coefficient (Wildman–Crippen LogP) is 2.62. The van der Waals surface area contributed by atoms with Gasteiger partial charge in [-0.1, -0.05) is 32.0 Å². The van der Waals surface area contributed by atoms with Gasteiger partial charge in [0.15, 0.2) is 22.1 Å². The minimum absolute atomic E-state index is 0.0427. The van der Waals surface area contributed by atoms with Crippen molar-refractivity contribution >= 4 is 32.8 Å². The lowest BCUT2D eigenvalue weighted by Gasteiger charge is -2.27. The molecule has 1 saturated heterocycles. The number of rotatable bonds is 9. The van der Waals surface area contributed by atoms with Crippen LogP contribution in [-0.2, 0) is 14.8 Å². The van der Waals surface area contributed by atoms with E-state index < -0.39 is 40.0 Å². The van der Waals surface area contributed by atoms with Crippen LogP contribution in [0.15, 0.2) is 51.9 Å². The highest BCUT2D eigenvalue weighted by molar-refractivity contribution is 7.89. The van der Waals surface area contributed by atoms with E-state index in [1.807, 2.05) is 13.8 Å². The van der Waals surface area contributed by atoms with Gasteiger partial charge in [-0.25, -0.2) is 13.4 Å². The molecule has 1 aromatic carbocycles. The van der Waals surface area contributed by atoms with Gasteiger partial charge in [0.2, 0.25) is 5.91 Å². The first-order chi connectivity index (χ1) is 19.0. The van der Waals surface area contributed by atoms with Gasteiger partial charge in [-0.3, -0.25) is 9.59 Å². The molecular formula is C28H36N4O7S. The second-order valence-electron chi connectivity index (χ2n) is 10.4. The van der Waals surface area contributed by atoms with Gasteiger partial charge in [0.05, 0.1) is 19.3 Å². The molecule has 2 unspecified atom stereocenters. The Bertz CT molecular complexity index is 1470. The maximum absolute atomic E-state index is 13.4. The zero-order valence-corrected chi connectivity index (χ0v) is 23.9. The van der Waals surface area contributed by atoms with E-state index in [4.69, 9.17) is 9.15 Å². The van der Waals surface area contributed by atoms with Crippen LogP contribution in [0.1, 0.15) is 49.4 Å². The highest BCUT2D eigenvalue weighted by atomic mass is 32.2. The summed E-state index contributed by atoms with van der Waals surface area (Å²) < 4.78 is 38.5. The van der Waals surface area contributed by atoms with Crippen molar-refractivity contribution in [2.45, 2.75) is 63.2 Å². The van der Waals surface area contributed by atoms with E-state index in [1.165, 1.54) is 17.5 Å². The fourth-order valence-electron chi connectivity index (χ4n) is 4.81. The van der Waals surface area contributed by atoms with Crippen LogP contribution >= 0.6 is 0 Å². The normalized spacial score (nSPS) is 19.2. The summed E-state index contributed by atoms with van der Waals surface area (Å²) in [5, 5.41) is 17.1. The van der Waals surface area contributed by atoms with E-state index in [9.17, 15) is 23.1 Å². The molecule has 1 aliphatic heterocycles. The summed E-state index contributed by atoms with van der Waals surface area (Å²) in [4.78, 5) is 30.6. The zero-order chi connectivity index (χ0) is 29.0. The summed E-state index contributed by atoms with van der Waals surface area (Å²) in [6, 6.07) is 10.1. The molecule has 2 aromatic heterocycles. The summed E-state index contributed by atoms with van der Waals surface area (Å²) in [5.74, 6) is -0.404. The van der Waals surface area contributed by atoms with Crippen molar-refractivity contribution in [1.82, 2.24) is 19.9 Å². The molecule has 0 saturated carbocycles. The molecule has 2 amide bonds. The number of methoxy groups -OCH3 is 1. The van der Waals surface area contributed by atoms with Crippen molar-refractivity contribution in [3.05, 3.63) is 53.9 Å². The number of pyridine rings is 1. The Labute approximate surface area is 234 Å². The summed E-state index contributed by atoms with van der Waals surface area (Å²) in [6.45, 7) is 5.56. The van der Waals surface area contributed by atoms with Crippen LogP contribution in [0.3, 0.4) is 0 Å². The Hall–Kier alpha value is -3.48. The second-order valence-corrected chi connectivity index (χ2v) is 12.3. The maximum atomic E-state index is 13.4. The molecule has 1 fully saturated rings. The number of para-hydroxylation sites is 1. The third-order valence-electron chi connectivity index (χ3n) is 6.85. The number of aromatic nitrogens is 1. The highest BCUT2D eigenvalue weighted by Gasteiger charge is 2.35. The molecule has 3 N–H and O–H groups in total. The zero-order valence-electron chi connectivity index (χ0n) is 23.1. The van der Waals surface area contributed by atoms with Gasteiger partial charge >= 0.3 is 0 Å². The minimum atomic E-state index is -3.91. The number of furan rings is 1. The van der Waals surface area contributed by atoms with Crippen molar-refractivity contribution in [3.63, 3.8) is 0 Å². The SMILES string of the molecule is COc1cccc2cc(C(=O)NC(CC(C)C)C(=O)NC3CCCN(S(=O)(=O)c4cccc(C)n4)C[C@@H]3O)oc12. The molecule has 0 radical (unpaired) electrons. The van der Waals surface area contributed by atoms with E-state index in [1.54, 1.807) is 43.3 Å². The lowest BCUT2D eigenvalue weighted by atomic mass is 10.0. The first-order valence-electron chi connectivity index (χ1n) is 13.3. The molecule has 40 heavy (non-hydrogen) atoms. The molecular weight excluding hydrogens is 536 g/mol. The number of nitrogens with one attached hydrogen (secondary N) is 2. The van der Waals surface area contributed by atoms with Crippen LogP contribution in [0.25, 0.3) is 11.0 Å². The maximum Gasteiger partial charge on any atom is 0.287 e. The van der Waals surface area contributed by atoms with E-state index >= 15 is 0 Å². The molecule has 216 valence electrons. The van der Waals surface area contributed by atoms with Crippen molar-refractivity contribution < 1.29 is 32.3 Å². The van der Waals surface area contributed by atoms with Crippen LogP contribution in [-0.4, -0.2) is 73.0 Å². The number of hydrogen-bond donors (Lipinski definition) is 3. The fraction of sp³-hybridized carbons (Fsp3) is 0.464. The number of sulfonamides is 1. The molecule has 1 aliphatic rings. The van der Waals surface area contributed by atoms with Gasteiger partial charge in [0.1, 0.15) is 6.04 Å². The topological polar surface area (TPSA) is 151 Å². The Balaban J connectivity index is 1.45. The van der Waals surface area contributed by atoms with E-state index in [-0.39, 0.29) is 29.8 Å². The number of carbonyl (C=O) groups is 2. The van der Waals surface area contributed by atoms with Crippen molar-refractivity contribution in [3.8, 4) is 5.75 Å². The van der Waals surface area contributed by atoms with E-state index in [2.05, 4.69) is 15.6 Å². The van der Waals surface area contributed by atoms with Gasteiger partial charge < -0.3 is 24.9 Å². The summed E-state index contributed by atoms with van der Waals surface area (Å²) in [7, 11) is -2.40. The summed E-state index contributed by atoms with van der Waals surface area (Å²) in [6.07, 6.45) is -0.00554. The summed E-state index contributed by atoms with van der Waals surface area (Å²) in [5.41, 5.74) is 1.00. The van der Waals surface area contributed by atoms with Crippen molar-refractivity contribution in [2.75, 3.05) is 20.2 Å². The predicted molar refractivity (Wildman–Crippen MR) is 148 cm³/mol. The first kappa shape index (κ1) is 29.5. The molecule has 11 nitrogen and oxygen atoms in total. The van der Waals surface area contributed by atoms with Crippen LogP contribution in [0.4, 0.5) is 0 Å². The molecule has 0 aliphatic carbocycles. The number of carbonyl (C=O) groups excluding carboxylic acids is 2. The number of aliphatic hydroxyl groups is 1. The molecule has 3 heterocycles. The van der Waals surface area contributed by atoms with Gasteiger partial charge in [-0.15, -0.1) is 0 Å². The lowest BCUT2D eigenvalue weighted by molar-refractivity contribution is -0.125. The Morgan fingerprint density at radius 1 is 1.23 bits per heavy atom. The number of β-amino-alcohol motifs (C(OH)–C–C–N with tert-alkyl or cyclic N) is 1. The van der Waals surface area contributed by atoms with Crippen LogP contribution < -0.4 is 15.4 Å². The monoisotopic (exact) mass is 572 g/mol. The molecule has 0 spiro atoms. The second kappa shape index (κ2) is 12.4. The number of amides is 2. The number of hydrogen-bond acceptors (Lipinski definition) is 8. The van der Waals surface area contributed by atoms with Gasteiger partial charge in [-0.2, -0.15) is 4.31 Å². The third kappa shape index (κ3) is 6.62. The van der Waals surface area contributed by atoms with E-state index in [0.717, 1.165) is 0 Å². The number of benzene rings is 1. The Morgan fingerprint density at radius 2 is 1.98 bits per heavy atom. The molecule has 3 atom stereocenters. The summed E-state index contributed by atoms with van der Waals surface area (Å²) >= 11 is 0. The van der Waals surface area contributed by atoms with Crippen LogP contribution in [0.5, 0.6) is 5.75 Å². The molecule has 12 heteroatoms. The Kier molecular flexibility index (Phi) is 9.12. The van der Waals surface area contributed by atoms with Gasteiger partial charge in [0.25, 0.3) is 15.9 Å². The quantitative estimate of drug-likeness (QED) is 0.354. The molecule has 0 bridgehead atoms. The average molecular weight is 573 g/mol. The molecule has 4 rings (SSSR count). The number of aliphatic hydroxyl groups excluding tert-OH is 1. The van der Waals surface area contributed by atoms with E-state index in [0.29, 0.717) is 41.7 Å². The minimum Gasteiger partial charge on any atom is -0.493 e. The standard InChI is InChI=1S/C28H36N4O7S/c1-17(2)14-21(31-28(35)24-15-19-9-6-11-23(38-4)26(19)39-24)27(34)30-20-10-7-13-32(16-22(20)33)40(36,37)25-12-5-8-18(3)29-25/h5-6,8-9,11-12,15,17,20-22,33H,7,10,13-14,16H2,1-4H3,(H,30,34)(H,31,35)/t20?,21?,22-/m0/s1. The fourth-order valence-corrected chi connectivity index (χ4v) is 6.31. The van der Waals surface area contributed by atoms with Crippen LogP contribution in [0.2, 0.25) is 0 Å². The average Bonchev–Trinajstić information content (AvgIpc) is 3.27. The number of ether oxygens (including phenoxy) is 1. The van der Waals surface area contributed by atoms with Gasteiger partial charge in [-0.05, 0) is 56.4 Å².